The molecule has 0 aliphatic carbocycles. The van der Waals surface area contributed by atoms with Crippen LogP contribution in [0.25, 0.3) is 0 Å². The van der Waals surface area contributed by atoms with E-state index in [1.54, 1.807) is 30.3 Å². The third-order valence-corrected chi connectivity index (χ3v) is 4.48. The highest BCUT2D eigenvalue weighted by Gasteiger charge is 2.15. The summed E-state index contributed by atoms with van der Waals surface area (Å²) >= 11 is 6.10. The second kappa shape index (κ2) is 9.07. The number of halogens is 1. The predicted octanol–water partition coefficient (Wildman–Crippen LogP) is 5.09. The molecule has 0 atom stereocenters. The summed E-state index contributed by atoms with van der Waals surface area (Å²) in [6.45, 7) is 0.302. The summed E-state index contributed by atoms with van der Waals surface area (Å²) in [6, 6.07) is 17.9. The normalized spacial score (nSPS) is 10.3. The van der Waals surface area contributed by atoms with Crippen LogP contribution in [0.4, 0.5) is 11.4 Å². The summed E-state index contributed by atoms with van der Waals surface area (Å²) in [5.41, 5.74) is 1.28. The minimum atomic E-state index is -0.541. The first-order valence-electron chi connectivity index (χ1n) is 8.58. The van der Waals surface area contributed by atoms with E-state index in [4.69, 9.17) is 21.1 Å². The standard InChI is InChI=1S/C21H17ClN2O5/c1-28-20-11-8-16(24(26)27)12-19(20)23-21(25)14-6-9-17(10-7-14)29-13-15-4-2-3-5-18(15)22/h2-12H,13H2,1H3,(H,23,25). The van der Waals surface area contributed by atoms with Crippen molar-refractivity contribution >= 4 is 28.9 Å². The maximum atomic E-state index is 12.5. The fourth-order valence-corrected chi connectivity index (χ4v) is 2.77. The number of nitro groups is 1. The fraction of sp³-hybridized carbons (Fsp3) is 0.0952. The van der Waals surface area contributed by atoms with E-state index in [9.17, 15) is 14.9 Å². The Balaban J connectivity index is 1.68. The number of rotatable bonds is 7. The van der Waals surface area contributed by atoms with E-state index in [-0.39, 0.29) is 11.4 Å². The average Bonchev–Trinajstić information content (AvgIpc) is 2.73. The van der Waals surface area contributed by atoms with E-state index in [1.165, 1.54) is 25.3 Å². The molecule has 1 amide bonds. The molecule has 3 aromatic rings. The van der Waals surface area contributed by atoms with E-state index >= 15 is 0 Å². The summed E-state index contributed by atoms with van der Waals surface area (Å²) in [5, 5.41) is 14.2. The number of nitro benzene ring substituents is 1. The third kappa shape index (κ3) is 5.03. The van der Waals surface area contributed by atoms with Gasteiger partial charge in [0.25, 0.3) is 11.6 Å². The lowest BCUT2D eigenvalue weighted by Crippen LogP contribution is -2.12. The number of ether oxygens (including phenoxy) is 2. The molecule has 0 aliphatic heterocycles. The van der Waals surface area contributed by atoms with Gasteiger partial charge in [-0.1, -0.05) is 29.8 Å². The van der Waals surface area contributed by atoms with E-state index < -0.39 is 10.8 Å². The largest absolute Gasteiger partial charge is 0.495 e. The molecule has 1 N–H and O–H groups in total. The van der Waals surface area contributed by atoms with Crippen LogP contribution >= 0.6 is 11.6 Å². The van der Waals surface area contributed by atoms with E-state index in [0.717, 1.165) is 5.56 Å². The monoisotopic (exact) mass is 412 g/mol. The highest BCUT2D eigenvalue weighted by molar-refractivity contribution is 6.31. The van der Waals surface area contributed by atoms with Gasteiger partial charge in [-0.2, -0.15) is 0 Å². The average molecular weight is 413 g/mol. The molecule has 29 heavy (non-hydrogen) atoms. The summed E-state index contributed by atoms with van der Waals surface area (Å²) in [6.07, 6.45) is 0. The number of nitrogens with zero attached hydrogens (tertiary/aromatic N) is 1. The van der Waals surface area contributed by atoms with Gasteiger partial charge in [0, 0.05) is 28.3 Å². The van der Waals surface area contributed by atoms with Gasteiger partial charge in [0.2, 0.25) is 0 Å². The van der Waals surface area contributed by atoms with Crippen LogP contribution in [0, 0.1) is 10.1 Å². The fourth-order valence-electron chi connectivity index (χ4n) is 2.58. The Morgan fingerprint density at radius 3 is 2.48 bits per heavy atom. The van der Waals surface area contributed by atoms with Gasteiger partial charge in [0.15, 0.2) is 0 Å². The van der Waals surface area contributed by atoms with Crippen LogP contribution in [0.1, 0.15) is 15.9 Å². The van der Waals surface area contributed by atoms with Crippen LogP contribution in [0.2, 0.25) is 5.02 Å². The Kier molecular flexibility index (Phi) is 6.31. The summed E-state index contributed by atoms with van der Waals surface area (Å²) < 4.78 is 10.8. The molecule has 3 rings (SSSR count). The number of nitrogens with one attached hydrogen (secondary N) is 1. The van der Waals surface area contributed by atoms with Crippen molar-refractivity contribution in [2.24, 2.45) is 0 Å². The van der Waals surface area contributed by atoms with Gasteiger partial charge in [0.05, 0.1) is 17.7 Å². The molecule has 0 aliphatic rings. The highest BCUT2D eigenvalue weighted by atomic mass is 35.5. The number of carbonyl (C=O) groups excluding carboxylic acids is 1. The van der Waals surface area contributed by atoms with Gasteiger partial charge in [-0.05, 0) is 36.4 Å². The molecule has 0 bridgehead atoms. The summed E-state index contributed by atoms with van der Waals surface area (Å²) in [5.74, 6) is 0.472. The SMILES string of the molecule is COc1ccc([N+](=O)[O-])cc1NC(=O)c1ccc(OCc2ccccc2Cl)cc1. The first-order chi connectivity index (χ1) is 14.0. The number of non-ortho nitro benzene ring substituents is 1. The van der Waals surface area contributed by atoms with Crippen LogP contribution in [0.15, 0.2) is 66.7 Å². The second-order valence-corrected chi connectivity index (χ2v) is 6.41. The van der Waals surface area contributed by atoms with Crippen molar-refractivity contribution in [2.75, 3.05) is 12.4 Å². The van der Waals surface area contributed by atoms with Gasteiger partial charge < -0.3 is 14.8 Å². The lowest BCUT2D eigenvalue weighted by molar-refractivity contribution is -0.384. The van der Waals surface area contributed by atoms with Gasteiger partial charge >= 0.3 is 0 Å². The molecule has 0 aromatic heterocycles. The third-order valence-electron chi connectivity index (χ3n) is 4.11. The quantitative estimate of drug-likeness (QED) is 0.431. The van der Waals surface area contributed by atoms with Crippen LogP contribution in [0.3, 0.4) is 0 Å². The summed E-state index contributed by atoms with van der Waals surface area (Å²) in [4.78, 5) is 22.9. The van der Waals surface area contributed by atoms with Crippen molar-refractivity contribution in [3.63, 3.8) is 0 Å². The molecule has 0 radical (unpaired) electrons. The minimum Gasteiger partial charge on any atom is -0.495 e. The molecular weight excluding hydrogens is 396 g/mol. The van der Waals surface area contributed by atoms with E-state index in [0.29, 0.717) is 28.7 Å². The molecule has 0 saturated carbocycles. The van der Waals surface area contributed by atoms with Crippen LogP contribution in [-0.2, 0) is 6.61 Å². The van der Waals surface area contributed by atoms with Crippen LogP contribution < -0.4 is 14.8 Å². The zero-order valence-electron chi connectivity index (χ0n) is 15.4. The number of hydrogen-bond donors (Lipinski definition) is 1. The van der Waals surface area contributed by atoms with Crippen molar-refractivity contribution in [2.45, 2.75) is 6.61 Å². The molecule has 0 unspecified atom stereocenters. The molecule has 0 saturated heterocycles. The van der Waals surface area contributed by atoms with Crippen LogP contribution in [0.5, 0.6) is 11.5 Å². The number of anilines is 1. The number of amides is 1. The topological polar surface area (TPSA) is 90.7 Å². The van der Waals surface area contributed by atoms with Gasteiger partial charge in [-0.15, -0.1) is 0 Å². The zero-order chi connectivity index (χ0) is 20.8. The maximum absolute atomic E-state index is 12.5. The first kappa shape index (κ1) is 20.2. The lowest BCUT2D eigenvalue weighted by Gasteiger charge is -2.11. The van der Waals surface area contributed by atoms with Gasteiger partial charge in [-0.3, -0.25) is 14.9 Å². The molecule has 8 heteroatoms. The molecule has 7 nitrogen and oxygen atoms in total. The Bertz CT molecular complexity index is 1040. The first-order valence-corrected chi connectivity index (χ1v) is 8.96. The number of methoxy groups -OCH3 is 1. The van der Waals surface area contributed by atoms with Crippen LogP contribution in [-0.4, -0.2) is 17.9 Å². The molecule has 0 fully saturated rings. The Morgan fingerprint density at radius 1 is 1.10 bits per heavy atom. The van der Waals surface area contributed by atoms with Gasteiger partial charge in [0.1, 0.15) is 18.1 Å². The van der Waals surface area contributed by atoms with Crippen molar-refractivity contribution in [1.29, 1.82) is 0 Å². The number of carbonyl (C=O) groups is 1. The summed E-state index contributed by atoms with van der Waals surface area (Å²) in [7, 11) is 1.42. The molecule has 0 spiro atoms. The van der Waals surface area contributed by atoms with Gasteiger partial charge in [-0.25, -0.2) is 0 Å². The Hall–Kier alpha value is -3.58. The van der Waals surface area contributed by atoms with Crippen molar-refractivity contribution < 1.29 is 19.2 Å². The highest BCUT2D eigenvalue weighted by Crippen LogP contribution is 2.29. The predicted molar refractivity (Wildman–Crippen MR) is 110 cm³/mol. The molecule has 3 aromatic carbocycles. The van der Waals surface area contributed by atoms with Crippen molar-refractivity contribution in [3.05, 3.63) is 93.0 Å². The van der Waals surface area contributed by atoms with Crippen molar-refractivity contribution in [3.8, 4) is 11.5 Å². The zero-order valence-corrected chi connectivity index (χ0v) is 16.2. The van der Waals surface area contributed by atoms with E-state index in [1.807, 2.05) is 18.2 Å². The second-order valence-electron chi connectivity index (χ2n) is 6.00. The lowest BCUT2D eigenvalue weighted by atomic mass is 10.2. The smallest absolute Gasteiger partial charge is 0.271 e. The minimum absolute atomic E-state index is 0.149. The molecular formula is C21H17ClN2O5. The maximum Gasteiger partial charge on any atom is 0.271 e. The van der Waals surface area contributed by atoms with E-state index in [2.05, 4.69) is 5.32 Å². The molecule has 148 valence electrons. The number of benzene rings is 3. The Labute approximate surface area is 172 Å². The Morgan fingerprint density at radius 2 is 1.83 bits per heavy atom. The molecule has 0 heterocycles. The number of hydrogen-bond acceptors (Lipinski definition) is 5. The van der Waals surface area contributed by atoms with Crippen molar-refractivity contribution in [1.82, 2.24) is 0 Å².